The van der Waals surface area contributed by atoms with E-state index in [4.69, 9.17) is 0 Å². The predicted molar refractivity (Wildman–Crippen MR) is 72.9 cm³/mol. The Balaban J connectivity index is 2.25. The zero-order valence-corrected chi connectivity index (χ0v) is 10.2. The zero-order valence-electron chi connectivity index (χ0n) is 9.43. The number of nitrogens with zero attached hydrogens (tertiary/aromatic N) is 2. The Kier molecular flexibility index (Phi) is 2.64. The summed E-state index contributed by atoms with van der Waals surface area (Å²) in [6.07, 6.45) is 3.35. The molecule has 88 valence electrons. The van der Waals surface area contributed by atoms with Gasteiger partial charge in [-0.05, 0) is 18.2 Å². The molecule has 0 unspecified atom stereocenters. The minimum Gasteiger partial charge on any atom is -0.236 e. The summed E-state index contributed by atoms with van der Waals surface area (Å²) in [7, 11) is 0. The van der Waals surface area contributed by atoms with Crippen LogP contribution in [0.4, 0.5) is 4.39 Å². The normalized spacial score (nSPS) is 10.7. The van der Waals surface area contributed by atoms with Gasteiger partial charge in [-0.15, -0.1) is 11.3 Å². The summed E-state index contributed by atoms with van der Waals surface area (Å²) in [4.78, 5) is 8.60. The highest BCUT2D eigenvalue weighted by Crippen LogP contribution is 2.33. The lowest BCUT2D eigenvalue weighted by molar-refractivity contribution is 0.642. The van der Waals surface area contributed by atoms with Crippen molar-refractivity contribution in [3.8, 4) is 11.4 Å². The van der Waals surface area contributed by atoms with E-state index in [1.54, 1.807) is 24.4 Å². The van der Waals surface area contributed by atoms with Crippen molar-refractivity contribution in [3.63, 3.8) is 0 Å². The first-order valence-corrected chi connectivity index (χ1v) is 6.29. The number of hydrogen-bond donors (Lipinski definition) is 0. The Morgan fingerprint density at radius 3 is 3.00 bits per heavy atom. The molecule has 0 amide bonds. The molecule has 3 rings (SSSR count). The van der Waals surface area contributed by atoms with Gasteiger partial charge < -0.3 is 0 Å². The van der Waals surface area contributed by atoms with Gasteiger partial charge in [0.25, 0.3) is 0 Å². The molecule has 0 spiro atoms. The van der Waals surface area contributed by atoms with E-state index in [1.807, 2.05) is 11.4 Å². The van der Waals surface area contributed by atoms with Crippen molar-refractivity contribution in [2.45, 2.75) is 0 Å². The van der Waals surface area contributed by atoms with Gasteiger partial charge in [-0.25, -0.2) is 14.4 Å². The molecule has 0 aliphatic carbocycles. The zero-order chi connectivity index (χ0) is 12.5. The molecule has 0 bridgehead atoms. The molecule has 1 aromatic carbocycles. The van der Waals surface area contributed by atoms with Crippen molar-refractivity contribution in [2.75, 3.05) is 0 Å². The average molecular weight is 256 g/mol. The molecule has 18 heavy (non-hydrogen) atoms. The molecule has 2 aromatic heterocycles. The van der Waals surface area contributed by atoms with Gasteiger partial charge in [0.05, 0.1) is 10.4 Å². The van der Waals surface area contributed by atoms with Crippen molar-refractivity contribution < 1.29 is 4.39 Å². The molecule has 0 saturated heterocycles. The first kappa shape index (κ1) is 11.0. The second kappa shape index (κ2) is 4.31. The largest absolute Gasteiger partial charge is 0.236 e. The van der Waals surface area contributed by atoms with Crippen molar-refractivity contribution in [2.24, 2.45) is 0 Å². The van der Waals surface area contributed by atoms with Crippen LogP contribution in [0.3, 0.4) is 0 Å². The minimum atomic E-state index is -0.205. The standard InChI is InChI=1S/C14H9FN2S/c1-2-9-6-7-16-14(17-9)11-8-18-13-10(11)4-3-5-12(13)15/h2-8H,1H2. The molecule has 0 atom stereocenters. The molecule has 2 nitrogen and oxygen atoms in total. The van der Waals surface area contributed by atoms with E-state index in [-0.39, 0.29) is 5.82 Å². The van der Waals surface area contributed by atoms with Crippen molar-refractivity contribution in [3.05, 3.63) is 53.9 Å². The molecule has 4 heteroatoms. The van der Waals surface area contributed by atoms with Gasteiger partial charge in [-0.2, -0.15) is 0 Å². The Morgan fingerprint density at radius 1 is 1.28 bits per heavy atom. The average Bonchev–Trinajstić information content (AvgIpc) is 2.84. The van der Waals surface area contributed by atoms with E-state index in [9.17, 15) is 4.39 Å². The Labute approximate surface area is 107 Å². The summed E-state index contributed by atoms with van der Waals surface area (Å²) >= 11 is 1.37. The third-order valence-corrected chi connectivity index (χ3v) is 3.68. The highest BCUT2D eigenvalue weighted by molar-refractivity contribution is 7.17. The van der Waals surface area contributed by atoms with Gasteiger partial charge in [0, 0.05) is 22.5 Å². The second-order valence-electron chi connectivity index (χ2n) is 3.78. The molecular weight excluding hydrogens is 247 g/mol. The Hall–Kier alpha value is -2.07. The number of thiophene rings is 1. The number of fused-ring (bicyclic) bond motifs is 1. The van der Waals surface area contributed by atoms with Crippen LogP contribution in [0.1, 0.15) is 5.69 Å². The van der Waals surface area contributed by atoms with Crippen LogP contribution >= 0.6 is 11.3 Å². The third kappa shape index (κ3) is 1.71. The second-order valence-corrected chi connectivity index (χ2v) is 4.65. The van der Waals surface area contributed by atoms with Crippen LogP contribution < -0.4 is 0 Å². The van der Waals surface area contributed by atoms with Gasteiger partial charge in [-0.1, -0.05) is 18.7 Å². The van der Waals surface area contributed by atoms with Crippen molar-refractivity contribution in [1.29, 1.82) is 0 Å². The maximum absolute atomic E-state index is 13.6. The first-order chi connectivity index (χ1) is 8.79. The van der Waals surface area contributed by atoms with Crippen LogP contribution in [0.15, 0.2) is 42.4 Å². The van der Waals surface area contributed by atoms with Gasteiger partial charge in [0.1, 0.15) is 5.82 Å². The summed E-state index contributed by atoms with van der Waals surface area (Å²) in [6.45, 7) is 3.68. The van der Waals surface area contributed by atoms with Gasteiger partial charge in [0.2, 0.25) is 0 Å². The summed E-state index contributed by atoms with van der Waals surface area (Å²) < 4.78 is 14.3. The molecule has 0 saturated carbocycles. The van der Waals surface area contributed by atoms with Crippen LogP contribution in [0, 0.1) is 5.82 Å². The fourth-order valence-electron chi connectivity index (χ4n) is 1.81. The summed E-state index contributed by atoms with van der Waals surface area (Å²) in [6, 6.07) is 6.83. The SMILES string of the molecule is C=Cc1ccnc(-c2csc3c(F)cccc23)n1. The van der Waals surface area contributed by atoms with E-state index >= 15 is 0 Å². The Bertz CT molecular complexity index is 733. The van der Waals surface area contributed by atoms with E-state index in [1.165, 1.54) is 17.4 Å². The van der Waals surface area contributed by atoms with E-state index in [0.717, 1.165) is 16.6 Å². The van der Waals surface area contributed by atoms with Gasteiger partial charge >= 0.3 is 0 Å². The lowest BCUT2D eigenvalue weighted by Crippen LogP contribution is -1.89. The van der Waals surface area contributed by atoms with Crippen LogP contribution in [0.5, 0.6) is 0 Å². The van der Waals surface area contributed by atoms with E-state index < -0.39 is 0 Å². The van der Waals surface area contributed by atoms with Crippen molar-refractivity contribution >= 4 is 27.5 Å². The molecular formula is C14H9FN2S. The molecule has 2 heterocycles. The van der Waals surface area contributed by atoms with Crippen LogP contribution in [-0.4, -0.2) is 9.97 Å². The number of rotatable bonds is 2. The fourth-order valence-corrected chi connectivity index (χ4v) is 2.76. The number of halogens is 1. The molecule has 3 aromatic rings. The summed E-state index contributed by atoms with van der Waals surface area (Å²) in [5.41, 5.74) is 1.62. The van der Waals surface area contributed by atoms with Crippen LogP contribution in [0.2, 0.25) is 0 Å². The fraction of sp³-hybridized carbons (Fsp3) is 0. The summed E-state index contributed by atoms with van der Waals surface area (Å²) in [5.74, 6) is 0.396. The van der Waals surface area contributed by atoms with Crippen molar-refractivity contribution in [1.82, 2.24) is 9.97 Å². The lowest BCUT2D eigenvalue weighted by atomic mass is 10.1. The molecule has 0 aliphatic heterocycles. The predicted octanol–water partition coefficient (Wildman–Crippen LogP) is 4.14. The first-order valence-electron chi connectivity index (χ1n) is 5.41. The van der Waals surface area contributed by atoms with Crippen LogP contribution in [-0.2, 0) is 0 Å². The molecule has 0 aliphatic rings. The molecule has 0 radical (unpaired) electrons. The van der Waals surface area contributed by atoms with E-state index in [0.29, 0.717) is 10.5 Å². The van der Waals surface area contributed by atoms with Crippen LogP contribution in [0.25, 0.3) is 27.6 Å². The highest BCUT2D eigenvalue weighted by atomic mass is 32.1. The number of benzene rings is 1. The number of hydrogen-bond acceptors (Lipinski definition) is 3. The maximum atomic E-state index is 13.6. The minimum absolute atomic E-state index is 0.205. The summed E-state index contributed by atoms with van der Waals surface area (Å²) in [5, 5.41) is 2.73. The smallest absolute Gasteiger partial charge is 0.161 e. The lowest BCUT2D eigenvalue weighted by Gasteiger charge is -1.99. The third-order valence-electron chi connectivity index (χ3n) is 2.68. The van der Waals surface area contributed by atoms with Gasteiger partial charge in [-0.3, -0.25) is 0 Å². The molecule has 0 fully saturated rings. The maximum Gasteiger partial charge on any atom is 0.161 e. The molecule has 0 N–H and O–H groups in total. The monoisotopic (exact) mass is 256 g/mol. The Morgan fingerprint density at radius 2 is 2.17 bits per heavy atom. The number of aromatic nitrogens is 2. The van der Waals surface area contributed by atoms with Gasteiger partial charge in [0.15, 0.2) is 5.82 Å². The highest BCUT2D eigenvalue weighted by Gasteiger charge is 2.11. The quantitative estimate of drug-likeness (QED) is 0.688. The topological polar surface area (TPSA) is 25.8 Å². The van der Waals surface area contributed by atoms with E-state index in [2.05, 4.69) is 16.5 Å².